The number of piperidine rings is 4. The Labute approximate surface area is 742 Å². The molecule has 6 N–H and O–H groups in total. The number of carboxylic acid groups (broad SMARTS) is 3. The average molecular weight is 1900 g/mol. The van der Waals surface area contributed by atoms with E-state index in [0.29, 0.717) is 35.7 Å². The number of amides is 3. The Balaban J connectivity index is 0.000000249. The molecule has 29 nitrogen and oxygen atoms in total. The van der Waals surface area contributed by atoms with E-state index < -0.39 is 185 Å². The number of carbonyl (C=O) groups is 8. The minimum absolute atomic E-state index is 0. The number of rotatable bonds is 25. The van der Waals surface area contributed by atoms with Crippen LogP contribution in [0.5, 0.6) is 0 Å². The predicted molar refractivity (Wildman–Crippen MR) is 433 cm³/mol. The highest BCUT2D eigenvalue weighted by Crippen LogP contribution is 2.41. The number of hydrogen-bond acceptors (Lipinski definition) is 24. The summed E-state index contributed by atoms with van der Waals surface area (Å²) in [6.07, 6.45) is -7.53. The maximum absolute atomic E-state index is 14.9. The number of benzene rings is 4. The summed E-state index contributed by atoms with van der Waals surface area (Å²) < 4.78 is 221. The van der Waals surface area contributed by atoms with Gasteiger partial charge in [0, 0.05) is 73.4 Å². The Bertz CT molecular complexity index is 4420. The fraction of sp³-hybridized carbons (Fsp3) is 0.542. The number of aliphatic hydroxyl groups is 2. The van der Waals surface area contributed by atoms with E-state index in [2.05, 4.69) is 29.5 Å². The second-order valence-electron chi connectivity index (χ2n) is 29.6. The van der Waals surface area contributed by atoms with Gasteiger partial charge < -0.3 is 88.2 Å². The van der Waals surface area contributed by atoms with Gasteiger partial charge in [0.2, 0.25) is 0 Å². The SMILES string of the molecule is CCOC(=O)C1=C(CN2CCC(OCC(=O)O)C(F)(F)C2)NC(c2nccs2)=NC1c1ccc(F)cc1Cl.CCOC(=O)COC1CCN(C(=O)OCc2ccccc2)CC1(F)F.Cl.O=C(O)COC1CCCCC1(F)F.O=C(O)COC1CCN(C(=O)OCc2ccccc2)CC1(F)F.O=C(OCc1ccccc1)N1CCC(O)C(F)(F)C1.OC1CCCCC1(F)F. The summed E-state index contributed by atoms with van der Waals surface area (Å²) in [4.78, 5) is 104. The van der Waals surface area contributed by atoms with Crippen LogP contribution < -0.4 is 5.32 Å². The van der Waals surface area contributed by atoms with E-state index in [4.69, 9.17) is 65.6 Å². The summed E-state index contributed by atoms with van der Waals surface area (Å²) in [6, 6.07) is 29.5. The van der Waals surface area contributed by atoms with Crippen LogP contribution in [0.3, 0.4) is 0 Å². The Morgan fingerprint density at radius 3 is 1.30 bits per heavy atom. The van der Waals surface area contributed by atoms with Crippen LogP contribution in [0.15, 0.2) is 137 Å². The molecule has 6 heterocycles. The van der Waals surface area contributed by atoms with Crippen molar-refractivity contribution in [3.05, 3.63) is 170 Å². The van der Waals surface area contributed by atoms with E-state index >= 15 is 0 Å². The minimum Gasteiger partial charge on any atom is -0.480 e. The van der Waals surface area contributed by atoms with Crippen LogP contribution in [0.1, 0.15) is 124 Å². The number of esters is 2. The van der Waals surface area contributed by atoms with Crippen LogP contribution in [0.4, 0.5) is 71.5 Å². The van der Waals surface area contributed by atoms with Gasteiger partial charge in [-0.2, -0.15) is 0 Å². The number of alkyl halides is 12. The number of aliphatic imine (C=N–C) groups is 1. The van der Waals surface area contributed by atoms with E-state index in [9.17, 15) is 95.4 Å². The maximum atomic E-state index is 14.9. The van der Waals surface area contributed by atoms with E-state index in [1.54, 1.807) is 98.2 Å². The number of thiazole rings is 1. The van der Waals surface area contributed by atoms with Crippen molar-refractivity contribution >= 4 is 89.3 Å². The molecule has 12 rings (SSSR count). The van der Waals surface area contributed by atoms with Crippen molar-refractivity contribution < 1.29 is 164 Å². The Morgan fingerprint density at radius 1 is 0.492 bits per heavy atom. The number of halogens is 15. The molecule has 0 radical (unpaired) electrons. The lowest BCUT2D eigenvalue weighted by molar-refractivity contribution is -0.181. The number of nitrogens with zero attached hydrogens (tertiary/aromatic N) is 6. The van der Waals surface area contributed by atoms with Crippen molar-refractivity contribution in [1.29, 1.82) is 0 Å². The van der Waals surface area contributed by atoms with Gasteiger partial charge in [-0.3, -0.25) is 9.89 Å². The first-order valence-electron chi connectivity index (χ1n) is 40.1. The summed E-state index contributed by atoms with van der Waals surface area (Å²) >= 11 is 7.62. The van der Waals surface area contributed by atoms with Crippen LogP contribution in [0, 0.1) is 5.82 Å². The molecule has 0 spiro atoms. The molecule has 4 saturated heterocycles. The van der Waals surface area contributed by atoms with Crippen molar-refractivity contribution in [2.45, 2.75) is 189 Å². The largest absolute Gasteiger partial charge is 0.480 e. The number of hydrogen-bond donors (Lipinski definition) is 6. The first-order chi connectivity index (χ1) is 60.0. The first-order valence-corrected chi connectivity index (χ1v) is 41.4. The van der Waals surface area contributed by atoms with Gasteiger partial charge >= 0.3 is 48.1 Å². The number of aliphatic carboxylic acids is 3. The Hall–Kier alpha value is -9.73. The number of nitrogens with one attached hydrogen (secondary N) is 1. The summed E-state index contributed by atoms with van der Waals surface area (Å²) in [7, 11) is 0. The van der Waals surface area contributed by atoms with Gasteiger partial charge in [-0.15, -0.1) is 23.7 Å². The molecule has 6 fully saturated rings. The molecule has 5 aliphatic heterocycles. The van der Waals surface area contributed by atoms with Crippen LogP contribution >= 0.6 is 35.3 Å². The van der Waals surface area contributed by atoms with Gasteiger partial charge in [0.15, 0.2) is 10.8 Å². The normalized spacial score (nSPS) is 22.2. The lowest BCUT2D eigenvalue weighted by Crippen LogP contribution is -2.54. The van der Waals surface area contributed by atoms with Crippen molar-refractivity contribution in [2.24, 2.45) is 4.99 Å². The highest BCUT2D eigenvalue weighted by molar-refractivity contribution is 7.11. The topological polar surface area (TPSA) is 371 Å². The third-order valence-electron chi connectivity index (χ3n) is 19.9. The van der Waals surface area contributed by atoms with Gasteiger partial charge in [-0.1, -0.05) is 122 Å². The molecular formula is C83H100Cl2F13N7O22S. The molecule has 128 heavy (non-hydrogen) atoms. The molecule has 1 aromatic heterocycles. The highest BCUT2D eigenvalue weighted by atomic mass is 35.5. The van der Waals surface area contributed by atoms with Crippen LogP contribution in [0.25, 0.3) is 0 Å². The number of carbonyl (C=O) groups excluding carboxylic acids is 5. The molecule has 4 aromatic carbocycles. The monoisotopic (exact) mass is 1900 g/mol. The van der Waals surface area contributed by atoms with E-state index in [1.807, 2.05) is 18.2 Å². The third kappa shape index (κ3) is 34.6. The van der Waals surface area contributed by atoms with Crippen molar-refractivity contribution in [1.82, 2.24) is 29.9 Å². The zero-order valence-electron chi connectivity index (χ0n) is 69.3. The summed E-state index contributed by atoms with van der Waals surface area (Å²) in [5.74, 6) is -24.4. The number of aliphatic hydroxyl groups excluding tert-OH is 2. The molecular weight excluding hydrogens is 1800 g/mol. The van der Waals surface area contributed by atoms with Crippen LogP contribution in [-0.2, 0) is 86.4 Å². The summed E-state index contributed by atoms with van der Waals surface area (Å²) in [5.41, 5.74) is 2.96. The number of ether oxygens (including phenoxy) is 9. The van der Waals surface area contributed by atoms with Gasteiger partial charge in [0.1, 0.15) is 94.7 Å². The van der Waals surface area contributed by atoms with Crippen molar-refractivity contribution in [3.8, 4) is 0 Å². The molecule has 7 atom stereocenters. The molecule has 710 valence electrons. The zero-order valence-corrected chi connectivity index (χ0v) is 71.7. The van der Waals surface area contributed by atoms with Gasteiger partial charge in [0.05, 0.1) is 45.0 Å². The molecule has 0 bridgehead atoms. The third-order valence-corrected chi connectivity index (χ3v) is 21.0. The van der Waals surface area contributed by atoms with Crippen molar-refractivity contribution in [2.75, 3.05) is 98.5 Å². The number of aromatic nitrogens is 1. The average Bonchev–Trinajstić information content (AvgIpc) is 1.08. The summed E-state index contributed by atoms with van der Waals surface area (Å²) in [5, 5.41) is 48.6. The molecule has 3 amide bonds. The lowest BCUT2D eigenvalue weighted by atomic mass is 9.94. The second kappa shape index (κ2) is 51.0. The summed E-state index contributed by atoms with van der Waals surface area (Å²) in [6.45, 7) is -2.29. The zero-order chi connectivity index (χ0) is 93.3. The standard InChI is InChI=1S/C24H24ClF3N4O5S.C17H21F2NO5.C15H17F2NO5.C13H15F2NO3.C8H12F2O3.C6H10F2O.ClH/c1-2-36-23(35)19-16(10-32-7-5-17(24(27,28)12-32)37-11-18(33)34)30-21(22-29-6-8-38-22)31-20(19)14-4-3-13(26)9-15(14)25;1-2-23-15(21)11-24-14-8-9-20(12-17(14,18)19)16(22)25-10-13-6-4-3-5-7-13;16-15(17)10-18(7-6-12(15)22-9-13(19)20)14(21)23-8-11-4-2-1-3-5-11;14-13(15)9-16(7-6-11(13)17)12(18)19-8-10-4-2-1-3-5-10;9-8(10)4-2-1-3-6(8)13-5-7(11)12;7-6(8)4-2-1-3-5(6)9;/h3-4,6,8-9,17,20H,2,5,7,10-12H2,1H3,(H,30,31)(H,33,34);3-7,14H,2,8-12H2,1H3;1-5,12H,6-10H2,(H,19,20);1-5,11,17H,6-9H2;6H,1-5H2,(H,11,12);5,9H,1-4H2;1H. The van der Waals surface area contributed by atoms with Gasteiger partial charge in [-0.05, 0) is 94.0 Å². The lowest BCUT2D eigenvalue weighted by Gasteiger charge is -2.39. The van der Waals surface area contributed by atoms with E-state index in [-0.39, 0.29) is 146 Å². The molecule has 5 aromatic rings. The van der Waals surface area contributed by atoms with Gasteiger partial charge in [-0.25, -0.2) is 100 Å². The van der Waals surface area contributed by atoms with Crippen LogP contribution in [0.2, 0.25) is 5.02 Å². The quantitative estimate of drug-likeness (QED) is 0.0179. The van der Waals surface area contributed by atoms with Crippen LogP contribution in [-0.4, -0.2) is 275 Å². The predicted octanol–water partition coefficient (Wildman–Crippen LogP) is 14.1. The number of likely N-dealkylation sites (tertiary alicyclic amines) is 4. The molecule has 45 heteroatoms. The molecule has 2 saturated carbocycles. The Kier molecular flexibility index (Phi) is 42.7. The minimum atomic E-state index is -3.33. The number of amidine groups is 1. The van der Waals surface area contributed by atoms with Crippen molar-refractivity contribution in [3.63, 3.8) is 0 Å². The fourth-order valence-corrected chi connectivity index (χ4v) is 14.3. The van der Waals surface area contributed by atoms with E-state index in [1.165, 1.54) is 28.4 Å². The second-order valence-corrected chi connectivity index (χ2v) is 30.9. The van der Waals surface area contributed by atoms with Gasteiger partial charge in [0.25, 0.3) is 35.5 Å². The smallest absolute Gasteiger partial charge is 0.410 e. The Morgan fingerprint density at radius 2 is 0.906 bits per heavy atom. The first kappa shape index (κ1) is 107. The molecule has 7 aliphatic rings. The number of carboxylic acids is 3. The highest BCUT2D eigenvalue weighted by Gasteiger charge is 2.51. The van der Waals surface area contributed by atoms with E-state index in [0.717, 1.165) is 43.9 Å². The maximum Gasteiger partial charge on any atom is 0.410 e. The fourth-order valence-electron chi connectivity index (χ4n) is 13.4. The molecule has 7 unspecified atom stereocenters. The molecule has 2 aliphatic carbocycles.